The molecule has 1 aromatic carbocycles. The van der Waals surface area contributed by atoms with Crippen LogP contribution < -0.4 is 0 Å². The van der Waals surface area contributed by atoms with E-state index in [1.807, 2.05) is 26.0 Å². The predicted molar refractivity (Wildman–Crippen MR) is 69.5 cm³/mol. The Morgan fingerprint density at radius 1 is 1.44 bits per heavy atom. The van der Waals surface area contributed by atoms with Crippen molar-refractivity contribution in [3.05, 3.63) is 29.8 Å². The van der Waals surface area contributed by atoms with Crippen molar-refractivity contribution in [1.29, 1.82) is 0 Å². The fourth-order valence-corrected chi connectivity index (χ4v) is 2.32. The van der Waals surface area contributed by atoms with Gasteiger partial charge in [-0.2, -0.15) is 0 Å². The molecule has 0 radical (unpaired) electrons. The van der Waals surface area contributed by atoms with E-state index in [9.17, 15) is 10.2 Å². The Morgan fingerprint density at radius 3 is 2.89 bits per heavy atom. The van der Waals surface area contributed by atoms with E-state index in [0.717, 1.165) is 18.7 Å². The predicted octanol–water partition coefficient (Wildman–Crippen LogP) is 1.54. The van der Waals surface area contributed by atoms with Gasteiger partial charge in [0.25, 0.3) is 0 Å². The van der Waals surface area contributed by atoms with Crippen LogP contribution >= 0.6 is 0 Å². The van der Waals surface area contributed by atoms with E-state index in [-0.39, 0.29) is 11.9 Å². The molecule has 0 saturated carbocycles. The van der Waals surface area contributed by atoms with Gasteiger partial charge in [0, 0.05) is 19.6 Å². The third kappa shape index (κ3) is 3.70. The summed E-state index contributed by atoms with van der Waals surface area (Å²) in [5.41, 5.74) is 0.288. The SMILES string of the molecule is CC(C)(O)CN1CCOC(c2cccc(O)c2)C1. The van der Waals surface area contributed by atoms with E-state index in [1.54, 1.807) is 12.1 Å². The number of β-amino-alcohol motifs (C(OH)–C–C–N with tert-alkyl or cyclic N) is 1. The standard InChI is InChI=1S/C14H21NO3/c1-14(2,17)10-15-6-7-18-13(9-15)11-4-3-5-12(16)8-11/h3-5,8,13,16-17H,6-7,9-10H2,1-2H3. The monoisotopic (exact) mass is 251 g/mol. The molecule has 0 spiro atoms. The van der Waals surface area contributed by atoms with Crippen molar-refractivity contribution in [3.63, 3.8) is 0 Å². The van der Waals surface area contributed by atoms with E-state index in [0.29, 0.717) is 13.2 Å². The second-order valence-corrected chi connectivity index (χ2v) is 5.50. The number of phenolic OH excluding ortho intramolecular Hbond substituents is 1. The lowest BCUT2D eigenvalue weighted by Gasteiger charge is -2.36. The molecule has 4 heteroatoms. The quantitative estimate of drug-likeness (QED) is 0.855. The van der Waals surface area contributed by atoms with Crippen LogP contribution in [0, 0.1) is 0 Å². The zero-order chi connectivity index (χ0) is 13.2. The van der Waals surface area contributed by atoms with Gasteiger partial charge in [-0.25, -0.2) is 0 Å². The highest BCUT2D eigenvalue weighted by Crippen LogP contribution is 2.25. The molecule has 18 heavy (non-hydrogen) atoms. The lowest BCUT2D eigenvalue weighted by atomic mass is 10.1. The van der Waals surface area contributed by atoms with Crippen molar-refractivity contribution in [3.8, 4) is 5.75 Å². The number of phenols is 1. The Hall–Kier alpha value is -1.10. The van der Waals surface area contributed by atoms with Gasteiger partial charge in [0.1, 0.15) is 5.75 Å². The second kappa shape index (κ2) is 5.26. The average molecular weight is 251 g/mol. The van der Waals surface area contributed by atoms with E-state index < -0.39 is 5.60 Å². The Bertz CT molecular complexity index is 400. The summed E-state index contributed by atoms with van der Waals surface area (Å²) in [6, 6.07) is 7.17. The summed E-state index contributed by atoms with van der Waals surface area (Å²) in [6.45, 7) is 6.48. The Kier molecular flexibility index (Phi) is 3.90. The zero-order valence-electron chi connectivity index (χ0n) is 11.0. The van der Waals surface area contributed by atoms with E-state index in [2.05, 4.69) is 4.90 Å². The molecular weight excluding hydrogens is 230 g/mol. The van der Waals surface area contributed by atoms with Crippen LogP contribution in [0.1, 0.15) is 25.5 Å². The van der Waals surface area contributed by atoms with Crippen molar-refractivity contribution in [1.82, 2.24) is 4.90 Å². The molecule has 100 valence electrons. The van der Waals surface area contributed by atoms with Crippen molar-refractivity contribution in [2.45, 2.75) is 25.6 Å². The van der Waals surface area contributed by atoms with Crippen LogP contribution in [0.15, 0.2) is 24.3 Å². The average Bonchev–Trinajstić information content (AvgIpc) is 2.27. The van der Waals surface area contributed by atoms with Gasteiger partial charge in [0.2, 0.25) is 0 Å². The van der Waals surface area contributed by atoms with Gasteiger partial charge in [0.05, 0.1) is 18.3 Å². The molecule has 1 atom stereocenters. The van der Waals surface area contributed by atoms with Crippen LogP contribution in [0.25, 0.3) is 0 Å². The summed E-state index contributed by atoms with van der Waals surface area (Å²) in [5, 5.41) is 19.3. The van der Waals surface area contributed by atoms with Gasteiger partial charge < -0.3 is 14.9 Å². The highest BCUT2D eigenvalue weighted by atomic mass is 16.5. The smallest absolute Gasteiger partial charge is 0.115 e. The minimum atomic E-state index is -0.694. The molecular formula is C14H21NO3. The first-order valence-corrected chi connectivity index (χ1v) is 6.29. The summed E-state index contributed by atoms with van der Waals surface area (Å²) in [5.74, 6) is 0.260. The maximum absolute atomic E-state index is 9.85. The third-order valence-corrected chi connectivity index (χ3v) is 3.00. The zero-order valence-corrected chi connectivity index (χ0v) is 11.0. The molecule has 1 saturated heterocycles. The van der Waals surface area contributed by atoms with E-state index in [1.165, 1.54) is 0 Å². The number of nitrogens with zero attached hydrogens (tertiary/aromatic N) is 1. The number of aliphatic hydroxyl groups is 1. The van der Waals surface area contributed by atoms with Crippen LogP contribution in [0.5, 0.6) is 5.75 Å². The molecule has 1 unspecified atom stereocenters. The Morgan fingerprint density at radius 2 is 2.22 bits per heavy atom. The molecule has 0 aliphatic carbocycles. The van der Waals surface area contributed by atoms with Crippen LogP contribution in [-0.4, -0.2) is 47.0 Å². The van der Waals surface area contributed by atoms with Crippen LogP contribution in [0.4, 0.5) is 0 Å². The summed E-state index contributed by atoms with van der Waals surface area (Å²) < 4.78 is 5.73. The van der Waals surface area contributed by atoms with Crippen LogP contribution in [-0.2, 0) is 4.74 Å². The van der Waals surface area contributed by atoms with Gasteiger partial charge in [-0.1, -0.05) is 12.1 Å². The lowest BCUT2D eigenvalue weighted by Crippen LogP contribution is -2.45. The fourth-order valence-electron chi connectivity index (χ4n) is 2.32. The minimum Gasteiger partial charge on any atom is -0.508 e. The molecule has 4 nitrogen and oxygen atoms in total. The number of hydrogen-bond acceptors (Lipinski definition) is 4. The maximum atomic E-state index is 9.85. The van der Waals surface area contributed by atoms with Crippen molar-refractivity contribution < 1.29 is 14.9 Å². The molecule has 0 bridgehead atoms. The maximum Gasteiger partial charge on any atom is 0.115 e. The number of aromatic hydroxyl groups is 1. The molecule has 2 N–H and O–H groups in total. The number of ether oxygens (including phenoxy) is 1. The molecule has 2 rings (SSSR count). The Labute approximate surface area is 108 Å². The van der Waals surface area contributed by atoms with Gasteiger partial charge in [0.15, 0.2) is 0 Å². The van der Waals surface area contributed by atoms with E-state index >= 15 is 0 Å². The van der Waals surface area contributed by atoms with Crippen molar-refractivity contribution in [2.24, 2.45) is 0 Å². The first-order valence-electron chi connectivity index (χ1n) is 6.29. The molecule has 1 aliphatic rings. The fraction of sp³-hybridized carbons (Fsp3) is 0.571. The van der Waals surface area contributed by atoms with Crippen molar-refractivity contribution in [2.75, 3.05) is 26.2 Å². The number of morpholine rings is 1. The number of benzene rings is 1. The van der Waals surface area contributed by atoms with Gasteiger partial charge in [-0.3, -0.25) is 4.90 Å². The van der Waals surface area contributed by atoms with Gasteiger partial charge in [-0.05, 0) is 31.5 Å². The Balaban J connectivity index is 2.02. The van der Waals surface area contributed by atoms with E-state index in [4.69, 9.17) is 4.74 Å². The summed E-state index contributed by atoms with van der Waals surface area (Å²) in [4.78, 5) is 2.19. The summed E-state index contributed by atoms with van der Waals surface area (Å²) in [7, 11) is 0. The lowest BCUT2D eigenvalue weighted by molar-refractivity contribution is -0.0564. The highest BCUT2D eigenvalue weighted by molar-refractivity contribution is 5.29. The molecule has 1 heterocycles. The molecule has 0 amide bonds. The summed E-state index contributed by atoms with van der Waals surface area (Å²) >= 11 is 0. The number of rotatable bonds is 3. The normalized spacial score (nSPS) is 22.1. The molecule has 1 aliphatic heterocycles. The van der Waals surface area contributed by atoms with Crippen molar-refractivity contribution >= 4 is 0 Å². The van der Waals surface area contributed by atoms with Gasteiger partial charge >= 0.3 is 0 Å². The van der Waals surface area contributed by atoms with Gasteiger partial charge in [-0.15, -0.1) is 0 Å². The highest BCUT2D eigenvalue weighted by Gasteiger charge is 2.26. The topological polar surface area (TPSA) is 52.9 Å². The largest absolute Gasteiger partial charge is 0.508 e. The molecule has 0 aromatic heterocycles. The first-order chi connectivity index (χ1) is 8.44. The molecule has 1 fully saturated rings. The second-order valence-electron chi connectivity index (χ2n) is 5.50. The van der Waals surface area contributed by atoms with Crippen LogP contribution in [0.2, 0.25) is 0 Å². The number of hydrogen-bond donors (Lipinski definition) is 2. The minimum absolute atomic E-state index is 0.0341. The first kappa shape index (κ1) is 13.3. The van der Waals surface area contributed by atoms with Crippen LogP contribution in [0.3, 0.4) is 0 Å². The third-order valence-electron chi connectivity index (χ3n) is 3.00. The molecule has 1 aromatic rings. The summed E-state index contributed by atoms with van der Waals surface area (Å²) in [6.07, 6.45) is -0.0341.